The third-order valence-corrected chi connectivity index (χ3v) is 6.55. The van der Waals surface area contributed by atoms with Crippen molar-refractivity contribution in [3.05, 3.63) is 95.7 Å². The molecule has 0 bridgehead atoms. The maximum absolute atomic E-state index is 13.9. The Bertz CT molecular complexity index is 1610. The lowest BCUT2D eigenvalue weighted by Crippen LogP contribution is -2.32. The van der Waals surface area contributed by atoms with E-state index in [4.69, 9.17) is 14.9 Å². The lowest BCUT2D eigenvalue weighted by molar-refractivity contribution is 0.0704. The molecule has 0 aliphatic heterocycles. The standard InChI is InChI=1S/C30H28N4O4/c1-3-16-34(18-19-8-10-21(11-9-19)29(35)33-37)30(36)26-17-24-23-6-4-5-7-25(23)31-28(24)27(32-26)20-12-14-22(38-2)15-13-20/h4-15,17,31,37H,3,16,18H2,1-2H3,(H,33,35). The third-order valence-electron chi connectivity index (χ3n) is 6.55. The van der Waals surface area contributed by atoms with Gasteiger partial charge in [0.1, 0.15) is 11.4 Å². The molecule has 0 aliphatic carbocycles. The first-order chi connectivity index (χ1) is 18.5. The van der Waals surface area contributed by atoms with Crippen LogP contribution in [0.4, 0.5) is 0 Å². The topological polar surface area (TPSA) is 108 Å². The smallest absolute Gasteiger partial charge is 0.274 e. The summed E-state index contributed by atoms with van der Waals surface area (Å²) >= 11 is 0. The summed E-state index contributed by atoms with van der Waals surface area (Å²) in [5, 5.41) is 10.8. The summed E-state index contributed by atoms with van der Waals surface area (Å²) in [7, 11) is 1.62. The highest BCUT2D eigenvalue weighted by molar-refractivity contribution is 6.13. The number of aromatic nitrogens is 2. The van der Waals surface area contributed by atoms with Crippen LogP contribution in [0, 0.1) is 0 Å². The van der Waals surface area contributed by atoms with E-state index in [0.717, 1.165) is 45.1 Å². The number of aromatic amines is 1. The van der Waals surface area contributed by atoms with Crippen LogP contribution in [0.15, 0.2) is 78.9 Å². The van der Waals surface area contributed by atoms with Gasteiger partial charge in [-0.25, -0.2) is 10.5 Å². The molecule has 8 heteroatoms. The summed E-state index contributed by atoms with van der Waals surface area (Å²) in [6.45, 7) is 2.93. The number of para-hydroxylation sites is 1. The zero-order valence-corrected chi connectivity index (χ0v) is 21.2. The molecule has 2 heterocycles. The summed E-state index contributed by atoms with van der Waals surface area (Å²) in [6, 6.07) is 24.3. The van der Waals surface area contributed by atoms with Crippen molar-refractivity contribution < 1.29 is 19.5 Å². The number of nitrogens with zero attached hydrogens (tertiary/aromatic N) is 2. The molecule has 0 spiro atoms. The monoisotopic (exact) mass is 508 g/mol. The van der Waals surface area contributed by atoms with E-state index < -0.39 is 5.91 Å². The Kier molecular flexibility index (Phi) is 7.06. The van der Waals surface area contributed by atoms with Crippen LogP contribution >= 0.6 is 0 Å². The lowest BCUT2D eigenvalue weighted by atomic mass is 10.1. The van der Waals surface area contributed by atoms with Crippen LogP contribution in [0.3, 0.4) is 0 Å². The van der Waals surface area contributed by atoms with Crippen molar-refractivity contribution >= 4 is 33.6 Å². The largest absolute Gasteiger partial charge is 0.497 e. The van der Waals surface area contributed by atoms with Gasteiger partial charge in [0.2, 0.25) is 0 Å². The van der Waals surface area contributed by atoms with Gasteiger partial charge in [-0.2, -0.15) is 0 Å². The zero-order chi connectivity index (χ0) is 26.6. The van der Waals surface area contributed by atoms with E-state index >= 15 is 0 Å². The molecule has 0 fully saturated rings. The first-order valence-electron chi connectivity index (χ1n) is 12.4. The van der Waals surface area contributed by atoms with Crippen LogP contribution in [-0.2, 0) is 6.54 Å². The van der Waals surface area contributed by atoms with Gasteiger partial charge in [-0.15, -0.1) is 0 Å². The van der Waals surface area contributed by atoms with Crippen molar-refractivity contribution in [2.75, 3.05) is 13.7 Å². The number of carbonyl (C=O) groups excluding carboxylic acids is 2. The number of hydrogen-bond donors (Lipinski definition) is 3. The number of hydroxylamine groups is 1. The Morgan fingerprint density at radius 2 is 1.74 bits per heavy atom. The van der Waals surface area contributed by atoms with Crippen LogP contribution < -0.4 is 10.2 Å². The fraction of sp³-hybridized carbons (Fsp3) is 0.167. The number of rotatable bonds is 8. The van der Waals surface area contributed by atoms with E-state index in [0.29, 0.717) is 30.0 Å². The number of nitrogens with one attached hydrogen (secondary N) is 2. The number of benzene rings is 3. The molecule has 0 unspecified atom stereocenters. The minimum Gasteiger partial charge on any atom is -0.497 e. The lowest BCUT2D eigenvalue weighted by Gasteiger charge is -2.22. The Morgan fingerprint density at radius 3 is 2.42 bits per heavy atom. The molecule has 3 aromatic carbocycles. The molecule has 2 amide bonds. The van der Waals surface area contributed by atoms with Crippen LogP contribution in [0.25, 0.3) is 33.1 Å². The van der Waals surface area contributed by atoms with Crippen molar-refractivity contribution in [3.63, 3.8) is 0 Å². The zero-order valence-electron chi connectivity index (χ0n) is 21.2. The van der Waals surface area contributed by atoms with Crippen LogP contribution in [0.5, 0.6) is 5.75 Å². The minimum atomic E-state index is -0.583. The van der Waals surface area contributed by atoms with Gasteiger partial charge in [0.25, 0.3) is 11.8 Å². The fourth-order valence-electron chi connectivity index (χ4n) is 4.64. The molecule has 3 N–H and O–H groups in total. The summed E-state index contributed by atoms with van der Waals surface area (Å²) in [5.41, 5.74) is 6.60. The molecule has 0 saturated carbocycles. The van der Waals surface area contributed by atoms with E-state index in [1.165, 1.54) is 0 Å². The van der Waals surface area contributed by atoms with Gasteiger partial charge in [0, 0.05) is 40.5 Å². The highest BCUT2D eigenvalue weighted by atomic mass is 16.5. The molecule has 5 rings (SSSR count). The van der Waals surface area contributed by atoms with Gasteiger partial charge in [0.05, 0.1) is 18.3 Å². The van der Waals surface area contributed by atoms with Crippen LogP contribution in [0.2, 0.25) is 0 Å². The van der Waals surface area contributed by atoms with Gasteiger partial charge in [-0.05, 0) is 60.5 Å². The Balaban J connectivity index is 1.57. The molecule has 0 aliphatic rings. The molecule has 192 valence electrons. The van der Waals surface area contributed by atoms with E-state index in [9.17, 15) is 9.59 Å². The molecule has 8 nitrogen and oxygen atoms in total. The molecular formula is C30H28N4O4. The van der Waals surface area contributed by atoms with E-state index in [1.807, 2.05) is 61.5 Å². The predicted octanol–water partition coefficient (Wildman–Crippen LogP) is 5.56. The van der Waals surface area contributed by atoms with Crippen molar-refractivity contribution in [1.82, 2.24) is 20.3 Å². The van der Waals surface area contributed by atoms with Gasteiger partial charge in [-0.3, -0.25) is 14.8 Å². The number of carbonyl (C=O) groups is 2. The number of pyridine rings is 1. The Labute approximate surface area is 219 Å². The van der Waals surface area contributed by atoms with E-state index in [2.05, 4.69) is 4.98 Å². The van der Waals surface area contributed by atoms with Gasteiger partial charge < -0.3 is 14.6 Å². The molecular weight excluding hydrogens is 480 g/mol. The fourth-order valence-corrected chi connectivity index (χ4v) is 4.64. The molecule has 5 aromatic rings. The predicted molar refractivity (Wildman–Crippen MR) is 146 cm³/mol. The van der Waals surface area contributed by atoms with Crippen molar-refractivity contribution in [2.45, 2.75) is 19.9 Å². The van der Waals surface area contributed by atoms with Crippen molar-refractivity contribution in [1.29, 1.82) is 0 Å². The Hall–Kier alpha value is -4.69. The third kappa shape index (κ3) is 4.81. The maximum Gasteiger partial charge on any atom is 0.274 e. The molecule has 2 aromatic heterocycles. The average Bonchev–Trinajstić information content (AvgIpc) is 3.35. The first kappa shape index (κ1) is 25.0. The van der Waals surface area contributed by atoms with Crippen molar-refractivity contribution in [3.8, 4) is 17.0 Å². The summed E-state index contributed by atoms with van der Waals surface area (Å²) in [4.78, 5) is 35.7. The minimum absolute atomic E-state index is 0.175. The highest BCUT2D eigenvalue weighted by Crippen LogP contribution is 2.33. The number of ether oxygens (including phenoxy) is 1. The van der Waals surface area contributed by atoms with Gasteiger partial charge in [-0.1, -0.05) is 37.3 Å². The normalized spacial score (nSPS) is 11.0. The first-order valence-corrected chi connectivity index (χ1v) is 12.4. The average molecular weight is 509 g/mol. The van der Waals surface area contributed by atoms with Crippen LogP contribution in [0.1, 0.15) is 39.8 Å². The van der Waals surface area contributed by atoms with Gasteiger partial charge in [0.15, 0.2) is 0 Å². The SMILES string of the molecule is CCCN(Cc1ccc(C(=O)NO)cc1)C(=O)c1cc2c([nH]c3ccccc32)c(-c2ccc(OC)cc2)n1. The molecule has 0 radical (unpaired) electrons. The number of methoxy groups -OCH3 is 1. The number of hydrogen-bond acceptors (Lipinski definition) is 5. The molecule has 38 heavy (non-hydrogen) atoms. The second-order valence-corrected chi connectivity index (χ2v) is 9.04. The Morgan fingerprint density at radius 1 is 1.00 bits per heavy atom. The van der Waals surface area contributed by atoms with Gasteiger partial charge >= 0.3 is 0 Å². The summed E-state index contributed by atoms with van der Waals surface area (Å²) in [6.07, 6.45) is 0.775. The summed E-state index contributed by atoms with van der Waals surface area (Å²) < 4.78 is 5.32. The number of amides is 2. The maximum atomic E-state index is 13.9. The van der Waals surface area contributed by atoms with Crippen molar-refractivity contribution in [2.24, 2.45) is 0 Å². The molecule has 0 saturated heterocycles. The molecule has 0 atom stereocenters. The second kappa shape index (κ2) is 10.7. The summed E-state index contributed by atoms with van der Waals surface area (Å²) in [5.74, 6) is -0.0169. The second-order valence-electron chi connectivity index (χ2n) is 9.04. The quantitative estimate of drug-likeness (QED) is 0.188. The highest BCUT2D eigenvalue weighted by Gasteiger charge is 2.21. The van der Waals surface area contributed by atoms with E-state index in [1.54, 1.807) is 41.8 Å². The van der Waals surface area contributed by atoms with Crippen LogP contribution in [-0.4, -0.2) is 45.5 Å². The van der Waals surface area contributed by atoms with E-state index in [-0.39, 0.29) is 5.91 Å². The number of fused-ring (bicyclic) bond motifs is 3. The number of H-pyrrole nitrogens is 1.